The molecule has 0 unspecified atom stereocenters. The molecule has 2 rings (SSSR count). The molecule has 2 nitrogen and oxygen atoms in total. The first kappa shape index (κ1) is 15.9. The van der Waals surface area contributed by atoms with Crippen molar-refractivity contribution in [3.63, 3.8) is 0 Å². The minimum absolute atomic E-state index is 0.432. The van der Waals surface area contributed by atoms with Crippen LogP contribution in [0.15, 0.2) is 29.6 Å². The highest BCUT2D eigenvalue weighted by atomic mass is 35.5. The van der Waals surface area contributed by atoms with Crippen LogP contribution in [-0.2, 0) is 6.42 Å². The number of halogens is 3. The van der Waals surface area contributed by atoms with Crippen LogP contribution in [0, 0.1) is 0 Å². The lowest BCUT2D eigenvalue weighted by atomic mass is 10.3. The maximum Gasteiger partial charge on any atom is 0.156 e. The normalized spacial score (nSPS) is 10.8. The first-order chi connectivity index (χ1) is 9.66. The first-order valence-corrected chi connectivity index (χ1v) is 8.18. The number of nitrogens with one attached hydrogen (secondary N) is 1. The van der Waals surface area contributed by atoms with Gasteiger partial charge in [0.1, 0.15) is 6.61 Å². The smallest absolute Gasteiger partial charge is 0.156 e. The van der Waals surface area contributed by atoms with Gasteiger partial charge in [-0.1, -0.05) is 40.9 Å². The summed E-state index contributed by atoms with van der Waals surface area (Å²) in [6, 6.07) is 7.44. The van der Waals surface area contributed by atoms with E-state index in [4.69, 9.17) is 39.5 Å². The third kappa shape index (κ3) is 4.83. The van der Waals surface area contributed by atoms with Crippen LogP contribution in [0.4, 0.5) is 0 Å². The average Bonchev–Trinajstić information content (AvgIpc) is 2.89. The summed E-state index contributed by atoms with van der Waals surface area (Å²) in [6.07, 6.45) is 1.03. The Bertz CT molecular complexity index is 522. The minimum atomic E-state index is 0.432. The van der Waals surface area contributed by atoms with Crippen molar-refractivity contribution in [3.8, 4) is 5.75 Å². The van der Waals surface area contributed by atoms with E-state index in [9.17, 15) is 0 Å². The highest BCUT2D eigenvalue weighted by Gasteiger charge is 2.08. The van der Waals surface area contributed by atoms with Crippen LogP contribution >= 0.6 is 46.1 Å². The third-order valence-electron chi connectivity index (χ3n) is 2.62. The molecule has 0 aliphatic carbocycles. The molecule has 108 valence electrons. The summed E-state index contributed by atoms with van der Waals surface area (Å²) in [4.78, 5) is 1.38. The molecular weight excluding hydrogens is 337 g/mol. The van der Waals surface area contributed by atoms with E-state index in [1.54, 1.807) is 23.5 Å². The van der Waals surface area contributed by atoms with E-state index in [1.807, 2.05) is 0 Å². The third-order valence-corrected chi connectivity index (χ3v) is 4.33. The second kappa shape index (κ2) is 8.11. The molecule has 2 aromatic rings. The van der Waals surface area contributed by atoms with Gasteiger partial charge in [0.2, 0.25) is 0 Å². The Labute approximate surface area is 137 Å². The zero-order valence-electron chi connectivity index (χ0n) is 10.7. The van der Waals surface area contributed by atoms with Crippen molar-refractivity contribution in [1.29, 1.82) is 0 Å². The van der Waals surface area contributed by atoms with Crippen molar-refractivity contribution >= 4 is 46.1 Å². The van der Waals surface area contributed by atoms with Gasteiger partial charge in [-0.15, -0.1) is 11.3 Å². The summed E-state index contributed by atoms with van der Waals surface area (Å²) >= 11 is 19.7. The number of thiophene rings is 1. The van der Waals surface area contributed by atoms with Crippen LogP contribution in [0.3, 0.4) is 0 Å². The summed E-state index contributed by atoms with van der Waals surface area (Å²) in [5, 5.41) is 6.76. The maximum atomic E-state index is 6.03. The molecular formula is C14H14Cl3NOS. The lowest BCUT2D eigenvalue weighted by Gasteiger charge is -2.10. The minimum Gasteiger partial charge on any atom is -0.489 e. The molecule has 0 bridgehead atoms. The molecule has 1 heterocycles. The predicted octanol–water partition coefficient (Wildman–Crippen LogP) is 4.92. The lowest BCUT2D eigenvalue weighted by molar-refractivity contribution is 0.315. The molecule has 1 aromatic heterocycles. The largest absolute Gasteiger partial charge is 0.489 e. The molecule has 0 aliphatic heterocycles. The Balaban J connectivity index is 1.68. The highest BCUT2D eigenvalue weighted by Crippen LogP contribution is 2.35. The SMILES string of the molecule is Clc1cc(Cl)c(OCCNCCc2cccs2)c(Cl)c1. The standard InChI is InChI=1S/C14H14Cl3NOS/c15-10-8-12(16)14(13(17)9-10)19-6-5-18-4-3-11-2-1-7-20-11/h1-2,7-9,18H,3-6H2. The Hall–Kier alpha value is -0.450. The van der Waals surface area contributed by atoms with Crippen LogP contribution in [-0.4, -0.2) is 19.7 Å². The highest BCUT2D eigenvalue weighted by molar-refractivity contribution is 7.09. The monoisotopic (exact) mass is 349 g/mol. The van der Waals surface area contributed by atoms with Crippen molar-refractivity contribution in [1.82, 2.24) is 5.32 Å². The second-order valence-electron chi connectivity index (χ2n) is 4.13. The number of hydrogen-bond donors (Lipinski definition) is 1. The predicted molar refractivity (Wildman–Crippen MR) is 87.9 cm³/mol. The fraction of sp³-hybridized carbons (Fsp3) is 0.286. The summed E-state index contributed by atoms with van der Waals surface area (Å²) in [6.45, 7) is 2.16. The number of ether oxygens (including phenoxy) is 1. The van der Waals surface area contributed by atoms with Crippen molar-refractivity contribution < 1.29 is 4.74 Å². The van der Waals surface area contributed by atoms with Crippen LogP contribution in [0.5, 0.6) is 5.75 Å². The summed E-state index contributed by atoms with van der Waals surface area (Å²) in [5.41, 5.74) is 0. The van der Waals surface area contributed by atoms with Crippen LogP contribution in [0.2, 0.25) is 15.1 Å². The Morgan fingerprint density at radius 2 is 1.85 bits per heavy atom. The van der Waals surface area contributed by atoms with E-state index in [-0.39, 0.29) is 0 Å². The van der Waals surface area contributed by atoms with Gasteiger partial charge in [0, 0.05) is 23.0 Å². The molecule has 6 heteroatoms. The number of benzene rings is 1. The van der Waals surface area contributed by atoms with E-state index in [2.05, 4.69) is 22.8 Å². The quantitative estimate of drug-likeness (QED) is 0.716. The van der Waals surface area contributed by atoms with Gasteiger partial charge in [-0.25, -0.2) is 0 Å². The lowest BCUT2D eigenvalue weighted by Crippen LogP contribution is -2.23. The van der Waals surface area contributed by atoms with Gasteiger partial charge in [-0.05, 0) is 30.0 Å². The second-order valence-corrected chi connectivity index (χ2v) is 6.41. The summed E-state index contributed by atoms with van der Waals surface area (Å²) < 4.78 is 5.58. The molecule has 0 radical (unpaired) electrons. The van der Waals surface area contributed by atoms with Crippen molar-refractivity contribution in [3.05, 3.63) is 49.6 Å². The van der Waals surface area contributed by atoms with Crippen molar-refractivity contribution in [2.24, 2.45) is 0 Å². The molecule has 0 saturated heterocycles. The Morgan fingerprint density at radius 1 is 1.10 bits per heavy atom. The van der Waals surface area contributed by atoms with Crippen LogP contribution in [0.25, 0.3) is 0 Å². The van der Waals surface area contributed by atoms with Gasteiger partial charge >= 0.3 is 0 Å². The van der Waals surface area contributed by atoms with Crippen LogP contribution in [0.1, 0.15) is 4.88 Å². The Morgan fingerprint density at radius 3 is 2.50 bits per heavy atom. The van der Waals surface area contributed by atoms with Gasteiger partial charge < -0.3 is 10.1 Å². The van der Waals surface area contributed by atoms with E-state index in [0.29, 0.717) is 27.4 Å². The number of rotatable bonds is 7. The first-order valence-electron chi connectivity index (χ1n) is 6.17. The van der Waals surface area contributed by atoms with Crippen LogP contribution < -0.4 is 10.1 Å². The van der Waals surface area contributed by atoms with E-state index < -0.39 is 0 Å². The summed E-state index contributed by atoms with van der Waals surface area (Å²) in [7, 11) is 0. The van der Waals surface area contributed by atoms with Gasteiger partial charge in [-0.2, -0.15) is 0 Å². The Kier molecular flexibility index (Phi) is 6.46. The zero-order valence-corrected chi connectivity index (χ0v) is 13.7. The van der Waals surface area contributed by atoms with E-state index in [0.717, 1.165) is 19.5 Å². The molecule has 0 aliphatic rings. The molecule has 0 spiro atoms. The van der Waals surface area contributed by atoms with E-state index >= 15 is 0 Å². The molecule has 0 fully saturated rings. The fourth-order valence-corrected chi connectivity index (χ4v) is 3.32. The molecule has 1 aromatic carbocycles. The van der Waals surface area contributed by atoms with Crippen molar-refractivity contribution in [2.75, 3.05) is 19.7 Å². The van der Waals surface area contributed by atoms with E-state index in [1.165, 1.54) is 4.88 Å². The molecule has 0 amide bonds. The molecule has 1 N–H and O–H groups in total. The van der Waals surface area contributed by atoms with Gasteiger partial charge in [0.25, 0.3) is 0 Å². The van der Waals surface area contributed by atoms with Gasteiger partial charge in [-0.3, -0.25) is 0 Å². The average molecular weight is 351 g/mol. The van der Waals surface area contributed by atoms with Gasteiger partial charge in [0.05, 0.1) is 10.0 Å². The summed E-state index contributed by atoms with van der Waals surface area (Å²) in [5.74, 6) is 0.484. The molecule has 0 saturated carbocycles. The number of hydrogen-bond acceptors (Lipinski definition) is 3. The van der Waals surface area contributed by atoms with Gasteiger partial charge in [0.15, 0.2) is 5.75 Å². The zero-order chi connectivity index (χ0) is 14.4. The molecule has 20 heavy (non-hydrogen) atoms. The molecule has 0 atom stereocenters. The topological polar surface area (TPSA) is 21.3 Å². The van der Waals surface area contributed by atoms with Crippen molar-refractivity contribution in [2.45, 2.75) is 6.42 Å². The fourth-order valence-electron chi connectivity index (χ4n) is 1.68. The maximum absolute atomic E-state index is 6.03.